The summed E-state index contributed by atoms with van der Waals surface area (Å²) < 4.78 is 1.60. The van der Waals surface area contributed by atoms with Crippen molar-refractivity contribution in [1.82, 2.24) is 9.55 Å². The van der Waals surface area contributed by atoms with Crippen LogP contribution in [0.1, 0.15) is 23.4 Å². The molecule has 0 fully saturated rings. The fourth-order valence-electron chi connectivity index (χ4n) is 3.02. The van der Waals surface area contributed by atoms with E-state index in [9.17, 15) is 9.59 Å². The van der Waals surface area contributed by atoms with Crippen molar-refractivity contribution in [2.24, 2.45) is 0 Å². The van der Waals surface area contributed by atoms with E-state index in [2.05, 4.69) is 22.2 Å². The Bertz CT molecular complexity index is 803. The van der Waals surface area contributed by atoms with Crippen LogP contribution >= 0.6 is 0 Å². The van der Waals surface area contributed by atoms with Gasteiger partial charge < -0.3 is 15.2 Å². The van der Waals surface area contributed by atoms with Gasteiger partial charge in [0, 0.05) is 49.3 Å². The van der Waals surface area contributed by atoms with Crippen molar-refractivity contribution in [3.05, 3.63) is 45.6 Å². The first-order valence-corrected chi connectivity index (χ1v) is 7.85. The number of aromatic nitrogens is 2. The van der Waals surface area contributed by atoms with E-state index in [-0.39, 0.29) is 18.0 Å². The van der Waals surface area contributed by atoms with Crippen LogP contribution in [0.5, 0.6) is 0 Å². The highest BCUT2D eigenvalue weighted by molar-refractivity contribution is 5.91. The zero-order valence-corrected chi connectivity index (χ0v) is 13.8. The van der Waals surface area contributed by atoms with Gasteiger partial charge in [0.1, 0.15) is 0 Å². The maximum atomic E-state index is 12.1. The first kappa shape index (κ1) is 15.4. The number of benzene rings is 1. The molecule has 2 aromatic rings. The number of carbonyl (C=O) groups excluding carboxylic acids is 1. The molecule has 0 atom stereocenters. The highest BCUT2D eigenvalue weighted by Crippen LogP contribution is 2.29. The molecule has 0 aliphatic carbocycles. The van der Waals surface area contributed by atoms with Crippen LogP contribution in [0.3, 0.4) is 0 Å². The largest absolute Gasteiger partial charge is 0.374 e. The van der Waals surface area contributed by atoms with E-state index >= 15 is 0 Å². The summed E-state index contributed by atoms with van der Waals surface area (Å²) in [7, 11) is 2.07. The number of likely N-dealkylation sites (N-methyl/N-ethyl adjacent to an activating group) is 1. The molecule has 6 heteroatoms. The first-order chi connectivity index (χ1) is 11.0. The fourth-order valence-corrected chi connectivity index (χ4v) is 3.02. The average molecular weight is 314 g/mol. The summed E-state index contributed by atoms with van der Waals surface area (Å²) in [6.45, 7) is 5.13. The molecule has 2 heterocycles. The Labute approximate surface area is 135 Å². The summed E-state index contributed by atoms with van der Waals surface area (Å²) in [6, 6.07) is 6.01. The van der Waals surface area contributed by atoms with Gasteiger partial charge in [0.2, 0.25) is 5.91 Å². The van der Waals surface area contributed by atoms with Crippen LogP contribution in [-0.4, -0.2) is 29.1 Å². The maximum absolute atomic E-state index is 12.1. The second kappa shape index (κ2) is 5.95. The van der Waals surface area contributed by atoms with Crippen molar-refractivity contribution >= 4 is 17.3 Å². The van der Waals surface area contributed by atoms with Crippen molar-refractivity contribution in [3.8, 4) is 0 Å². The summed E-state index contributed by atoms with van der Waals surface area (Å²) in [6.07, 6.45) is 1.28. The molecule has 1 aliphatic heterocycles. The van der Waals surface area contributed by atoms with Gasteiger partial charge >= 0.3 is 5.69 Å². The summed E-state index contributed by atoms with van der Waals surface area (Å²) in [5.74, 6) is -0.0820. The molecule has 0 saturated carbocycles. The minimum absolute atomic E-state index is 0.0820. The molecule has 3 rings (SSSR count). The van der Waals surface area contributed by atoms with Crippen LogP contribution in [0, 0.1) is 13.8 Å². The minimum atomic E-state index is -0.159. The molecule has 0 spiro atoms. The van der Waals surface area contributed by atoms with Gasteiger partial charge in [-0.2, -0.15) is 0 Å². The number of aryl methyl sites for hydroxylation is 1. The lowest BCUT2D eigenvalue weighted by molar-refractivity contribution is -0.116. The fraction of sp³-hybridized carbons (Fsp3) is 0.412. The van der Waals surface area contributed by atoms with E-state index in [1.807, 2.05) is 32.0 Å². The highest BCUT2D eigenvalue weighted by atomic mass is 16.2. The number of anilines is 2. The number of aromatic amines is 1. The van der Waals surface area contributed by atoms with Crippen LogP contribution in [0.15, 0.2) is 23.0 Å². The van der Waals surface area contributed by atoms with Crippen molar-refractivity contribution in [2.45, 2.75) is 33.2 Å². The molecule has 0 bridgehead atoms. The number of H-pyrrole nitrogens is 1. The Morgan fingerprint density at radius 2 is 2.13 bits per heavy atom. The monoisotopic (exact) mass is 314 g/mol. The summed E-state index contributed by atoms with van der Waals surface area (Å²) in [4.78, 5) is 28.9. The summed E-state index contributed by atoms with van der Waals surface area (Å²) in [5.41, 5.74) is 4.87. The van der Waals surface area contributed by atoms with E-state index in [0.717, 1.165) is 30.0 Å². The number of nitrogens with zero attached hydrogens (tertiary/aromatic N) is 2. The van der Waals surface area contributed by atoms with Gasteiger partial charge in [0.05, 0.1) is 0 Å². The molecule has 122 valence electrons. The predicted octanol–water partition coefficient (Wildman–Crippen LogP) is 1.81. The zero-order chi connectivity index (χ0) is 16.6. The quantitative estimate of drug-likeness (QED) is 0.904. The topological polar surface area (TPSA) is 70.1 Å². The highest BCUT2D eigenvalue weighted by Gasteiger charge is 2.16. The molecule has 1 aromatic carbocycles. The lowest BCUT2D eigenvalue weighted by Gasteiger charge is -2.12. The van der Waals surface area contributed by atoms with Gasteiger partial charge in [-0.1, -0.05) is 0 Å². The molecule has 1 aromatic heterocycles. The van der Waals surface area contributed by atoms with Gasteiger partial charge in [-0.3, -0.25) is 9.36 Å². The molecule has 1 amide bonds. The van der Waals surface area contributed by atoms with Crippen LogP contribution in [0.4, 0.5) is 11.4 Å². The average Bonchev–Trinajstić information content (AvgIpc) is 2.98. The Kier molecular flexibility index (Phi) is 3.98. The second-order valence-electron chi connectivity index (χ2n) is 6.11. The van der Waals surface area contributed by atoms with E-state index in [4.69, 9.17) is 0 Å². The molecule has 0 saturated heterocycles. The maximum Gasteiger partial charge on any atom is 0.325 e. The molecule has 0 unspecified atom stereocenters. The van der Waals surface area contributed by atoms with Gasteiger partial charge in [0.25, 0.3) is 0 Å². The van der Waals surface area contributed by atoms with Crippen molar-refractivity contribution < 1.29 is 4.79 Å². The molecular formula is C17H22N4O2. The lowest BCUT2D eigenvalue weighted by atomic mass is 10.1. The van der Waals surface area contributed by atoms with E-state index < -0.39 is 0 Å². The predicted molar refractivity (Wildman–Crippen MR) is 91.2 cm³/mol. The van der Waals surface area contributed by atoms with Crippen LogP contribution in [-0.2, 0) is 17.8 Å². The number of imidazole rings is 1. The Morgan fingerprint density at radius 3 is 2.83 bits per heavy atom. The third-order valence-electron chi connectivity index (χ3n) is 4.54. The van der Waals surface area contributed by atoms with Gasteiger partial charge in [-0.25, -0.2) is 4.79 Å². The van der Waals surface area contributed by atoms with Crippen LogP contribution < -0.4 is 15.9 Å². The van der Waals surface area contributed by atoms with Crippen molar-refractivity contribution in [1.29, 1.82) is 0 Å². The van der Waals surface area contributed by atoms with Crippen LogP contribution in [0.25, 0.3) is 0 Å². The third kappa shape index (κ3) is 3.02. The lowest BCUT2D eigenvalue weighted by Crippen LogP contribution is -2.22. The number of nitrogens with one attached hydrogen (secondary N) is 2. The standard InChI is InChI=1S/C17H22N4O2/c1-11-12(2)21(17(23)18-11)9-7-16(22)19-14-4-5-15-13(10-14)6-8-20(15)3/h4-5,10H,6-9H2,1-3H3,(H,18,23)(H,19,22). The van der Waals surface area contributed by atoms with Crippen molar-refractivity contribution in [3.63, 3.8) is 0 Å². The van der Waals surface area contributed by atoms with Gasteiger partial charge in [-0.05, 0) is 44.0 Å². The molecule has 2 N–H and O–H groups in total. The number of amides is 1. The molecule has 6 nitrogen and oxygen atoms in total. The summed E-state index contributed by atoms with van der Waals surface area (Å²) in [5, 5.41) is 2.92. The van der Waals surface area contributed by atoms with Gasteiger partial charge in [0.15, 0.2) is 0 Å². The molecule has 0 radical (unpaired) electrons. The Hall–Kier alpha value is -2.50. The first-order valence-electron chi connectivity index (χ1n) is 7.85. The number of carbonyl (C=O) groups is 1. The second-order valence-corrected chi connectivity index (χ2v) is 6.11. The third-order valence-corrected chi connectivity index (χ3v) is 4.54. The SMILES string of the molecule is Cc1[nH]c(=O)n(CCC(=O)Nc2ccc3c(c2)CCN3C)c1C. The van der Waals surface area contributed by atoms with E-state index in [1.165, 1.54) is 11.3 Å². The van der Waals surface area contributed by atoms with E-state index in [0.29, 0.717) is 6.54 Å². The Morgan fingerprint density at radius 1 is 1.35 bits per heavy atom. The van der Waals surface area contributed by atoms with E-state index in [1.54, 1.807) is 4.57 Å². The van der Waals surface area contributed by atoms with Crippen LogP contribution in [0.2, 0.25) is 0 Å². The number of fused-ring (bicyclic) bond motifs is 1. The summed E-state index contributed by atoms with van der Waals surface area (Å²) >= 11 is 0. The minimum Gasteiger partial charge on any atom is -0.374 e. The van der Waals surface area contributed by atoms with Crippen molar-refractivity contribution in [2.75, 3.05) is 23.8 Å². The number of hydrogen-bond acceptors (Lipinski definition) is 3. The molecule has 1 aliphatic rings. The number of hydrogen-bond donors (Lipinski definition) is 2. The molecule has 23 heavy (non-hydrogen) atoms. The zero-order valence-electron chi connectivity index (χ0n) is 13.8. The normalized spacial score (nSPS) is 13.3. The molecular weight excluding hydrogens is 292 g/mol. The van der Waals surface area contributed by atoms with Gasteiger partial charge in [-0.15, -0.1) is 0 Å². The smallest absolute Gasteiger partial charge is 0.325 e. The Balaban J connectivity index is 1.63. The number of rotatable bonds is 4.